The molecule has 1 heterocycles. The topological polar surface area (TPSA) is 105 Å². The number of amides is 1. The van der Waals surface area contributed by atoms with E-state index in [4.69, 9.17) is 4.74 Å². The second-order valence-corrected chi connectivity index (χ2v) is 10.8. The predicted octanol–water partition coefficient (Wildman–Crippen LogP) is 5.13. The number of aliphatic hydroxyl groups is 1. The number of ether oxygens (including phenoxy) is 1. The second kappa shape index (κ2) is 12.3. The van der Waals surface area contributed by atoms with Gasteiger partial charge in [-0.15, -0.1) is 0 Å². The smallest absolute Gasteiger partial charge is 0.265 e. The molecule has 0 aliphatic heterocycles. The van der Waals surface area contributed by atoms with Gasteiger partial charge in [0.1, 0.15) is 17.1 Å². The Labute approximate surface area is 244 Å². The highest BCUT2D eigenvalue weighted by molar-refractivity contribution is 6.04. The minimum atomic E-state index is -0.533. The average molecular weight is 571 g/mol. The van der Waals surface area contributed by atoms with Crippen LogP contribution < -0.4 is 20.9 Å². The van der Waals surface area contributed by atoms with Crippen LogP contribution in [0.5, 0.6) is 5.75 Å². The van der Waals surface area contributed by atoms with Crippen molar-refractivity contribution < 1.29 is 19.0 Å². The van der Waals surface area contributed by atoms with Crippen molar-refractivity contribution in [3.63, 3.8) is 0 Å². The van der Waals surface area contributed by atoms with Crippen molar-refractivity contribution in [1.29, 1.82) is 0 Å². The van der Waals surface area contributed by atoms with Gasteiger partial charge in [0.25, 0.3) is 11.5 Å². The zero-order chi connectivity index (χ0) is 30.0. The number of nitrogens with zero attached hydrogens (tertiary/aromatic N) is 2. The third-order valence-electron chi connectivity index (χ3n) is 8.15. The van der Waals surface area contributed by atoms with E-state index in [9.17, 15) is 14.7 Å². The first-order valence-corrected chi connectivity index (χ1v) is 14.0. The molecule has 1 aliphatic rings. The maximum absolute atomic E-state index is 15.5. The van der Waals surface area contributed by atoms with E-state index in [2.05, 4.69) is 15.6 Å². The van der Waals surface area contributed by atoms with E-state index in [1.807, 2.05) is 50.2 Å². The molecule has 8 nitrogen and oxygen atoms in total. The van der Waals surface area contributed by atoms with E-state index in [0.717, 1.165) is 47.1 Å². The van der Waals surface area contributed by atoms with E-state index in [1.54, 1.807) is 13.1 Å². The molecule has 1 fully saturated rings. The summed E-state index contributed by atoms with van der Waals surface area (Å²) in [6.45, 7) is 4.15. The van der Waals surface area contributed by atoms with Gasteiger partial charge in [-0.3, -0.25) is 9.59 Å². The first-order valence-electron chi connectivity index (χ1n) is 14.0. The van der Waals surface area contributed by atoms with Gasteiger partial charge >= 0.3 is 0 Å². The van der Waals surface area contributed by atoms with Crippen LogP contribution in [0.4, 0.5) is 10.1 Å². The quantitative estimate of drug-likeness (QED) is 0.271. The fourth-order valence-corrected chi connectivity index (χ4v) is 5.69. The Hall–Kier alpha value is -4.34. The molecule has 2 atom stereocenters. The maximum Gasteiger partial charge on any atom is 0.265 e. The number of rotatable bonds is 8. The number of carbonyl (C=O) groups excluding carboxylic acids is 1. The van der Waals surface area contributed by atoms with Gasteiger partial charge in [0, 0.05) is 37.1 Å². The lowest BCUT2D eigenvalue weighted by Crippen LogP contribution is -2.35. The highest BCUT2D eigenvalue weighted by Crippen LogP contribution is 2.38. The number of anilines is 1. The molecular formula is C33H35FN4O4. The van der Waals surface area contributed by atoms with Crippen molar-refractivity contribution in [2.45, 2.75) is 51.8 Å². The molecule has 0 spiro atoms. The fourth-order valence-electron chi connectivity index (χ4n) is 5.69. The third-order valence-corrected chi connectivity index (χ3v) is 8.15. The molecule has 1 aliphatic carbocycles. The molecule has 1 saturated carbocycles. The van der Waals surface area contributed by atoms with E-state index < -0.39 is 17.6 Å². The standard InChI is InChI=1S/C33H35FN4O4/c1-19-22(21-14-27(34)25(31(15-21)42-4)17-36-29-12-7-13-30(29)39)8-5-9-23(19)24-10-6-11-28(20(24)2)37-32(40)26-16-35-18-38(3)33(26)41/h5-6,8-11,14-16,18,29-30,36,39H,7,12-13,17H2,1-4H3,(H,37,40)/t29-,30-/m1/s1. The molecule has 1 aromatic heterocycles. The normalized spacial score (nSPS) is 16.4. The molecule has 42 heavy (non-hydrogen) atoms. The Kier molecular flexibility index (Phi) is 8.51. The zero-order valence-electron chi connectivity index (χ0n) is 24.2. The summed E-state index contributed by atoms with van der Waals surface area (Å²) < 4.78 is 22.3. The van der Waals surface area contributed by atoms with Gasteiger partial charge in [-0.1, -0.05) is 30.3 Å². The molecule has 3 aromatic carbocycles. The van der Waals surface area contributed by atoms with Gasteiger partial charge in [0.05, 0.1) is 19.5 Å². The van der Waals surface area contributed by atoms with Crippen LogP contribution in [0.25, 0.3) is 22.3 Å². The Balaban J connectivity index is 1.45. The van der Waals surface area contributed by atoms with Crippen molar-refractivity contribution in [2.75, 3.05) is 12.4 Å². The SMILES string of the molecule is COc1cc(-c2cccc(-c3cccc(NC(=O)c4cncn(C)c4=O)c3C)c2C)cc(F)c1CN[C@@H]1CCC[C@H]1O. The first kappa shape index (κ1) is 29.2. The van der Waals surface area contributed by atoms with Crippen LogP contribution in [-0.2, 0) is 13.6 Å². The van der Waals surface area contributed by atoms with E-state index in [-0.39, 0.29) is 24.0 Å². The number of benzene rings is 3. The summed E-state index contributed by atoms with van der Waals surface area (Å²) in [5.74, 6) is -0.470. The summed E-state index contributed by atoms with van der Waals surface area (Å²) in [6, 6.07) is 14.8. The fraction of sp³-hybridized carbons (Fsp3) is 0.303. The summed E-state index contributed by atoms with van der Waals surface area (Å²) in [4.78, 5) is 29.3. The molecule has 0 bridgehead atoms. The minimum Gasteiger partial charge on any atom is -0.496 e. The number of carbonyl (C=O) groups is 1. The molecule has 1 amide bonds. The maximum atomic E-state index is 15.5. The van der Waals surface area contributed by atoms with Crippen molar-refractivity contribution in [3.8, 4) is 28.0 Å². The Morgan fingerprint density at radius 3 is 2.52 bits per heavy atom. The van der Waals surface area contributed by atoms with E-state index in [0.29, 0.717) is 22.6 Å². The number of aromatic nitrogens is 2. The lowest BCUT2D eigenvalue weighted by molar-refractivity contribution is 0.102. The van der Waals surface area contributed by atoms with Crippen molar-refractivity contribution in [1.82, 2.24) is 14.9 Å². The number of halogens is 1. The molecule has 5 rings (SSSR count). The van der Waals surface area contributed by atoms with Crippen LogP contribution in [0.15, 0.2) is 65.8 Å². The first-order chi connectivity index (χ1) is 20.2. The summed E-state index contributed by atoms with van der Waals surface area (Å²) in [7, 11) is 3.07. The number of hydrogen-bond donors (Lipinski definition) is 3. The van der Waals surface area contributed by atoms with Crippen molar-refractivity contribution in [2.24, 2.45) is 7.05 Å². The summed E-state index contributed by atoms with van der Waals surface area (Å²) >= 11 is 0. The zero-order valence-corrected chi connectivity index (χ0v) is 24.2. The van der Waals surface area contributed by atoms with Crippen molar-refractivity contribution in [3.05, 3.63) is 99.5 Å². The molecule has 9 heteroatoms. The Morgan fingerprint density at radius 1 is 1.10 bits per heavy atom. The molecule has 4 aromatic rings. The molecule has 0 unspecified atom stereocenters. The van der Waals surface area contributed by atoms with Crippen LogP contribution in [0.2, 0.25) is 0 Å². The number of aliphatic hydroxyl groups excluding tert-OH is 1. The van der Waals surface area contributed by atoms with Gasteiger partial charge in [-0.25, -0.2) is 9.37 Å². The predicted molar refractivity (Wildman–Crippen MR) is 161 cm³/mol. The van der Waals surface area contributed by atoms with Crippen LogP contribution >= 0.6 is 0 Å². The molecule has 218 valence electrons. The molecule has 0 saturated heterocycles. The van der Waals surface area contributed by atoms with E-state index in [1.165, 1.54) is 30.3 Å². The van der Waals surface area contributed by atoms with Crippen LogP contribution in [0, 0.1) is 19.7 Å². The van der Waals surface area contributed by atoms with Gasteiger partial charge in [0.15, 0.2) is 0 Å². The molecule has 3 N–H and O–H groups in total. The van der Waals surface area contributed by atoms with Crippen LogP contribution in [-0.4, -0.2) is 39.8 Å². The highest BCUT2D eigenvalue weighted by atomic mass is 19.1. The summed E-state index contributed by atoms with van der Waals surface area (Å²) in [6.07, 6.45) is 4.77. The van der Waals surface area contributed by atoms with E-state index >= 15 is 4.39 Å². The summed E-state index contributed by atoms with van der Waals surface area (Å²) in [5.41, 5.74) is 5.65. The lowest BCUT2D eigenvalue weighted by Gasteiger charge is -2.20. The number of methoxy groups -OCH3 is 1. The average Bonchev–Trinajstić information content (AvgIpc) is 3.39. The second-order valence-electron chi connectivity index (χ2n) is 10.8. The minimum absolute atomic E-state index is 0.0444. The van der Waals surface area contributed by atoms with Gasteiger partial charge in [0.2, 0.25) is 0 Å². The molecule has 0 radical (unpaired) electrons. The van der Waals surface area contributed by atoms with Crippen LogP contribution in [0.3, 0.4) is 0 Å². The Morgan fingerprint density at radius 2 is 1.81 bits per heavy atom. The number of aryl methyl sites for hydroxylation is 1. The van der Waals surface area contributed by atoms with Gasteiger partial charge in [-0.05, 0) is 84.7 Å². The Bertz CT molecular complexity index is 1700. The number of hydrogen-bond acceptors (Lipinski definition) is 6. The third kappa shape index (κ3) is 5.70. The molecular weight excluding hydrogens is 535 g/mol. The largest absolute Gasteiger partial charge is 0.496 e. The van der Waals surface area contributed by atoms with Crippen molar-refractivity contribution >= 4 is 11.6 Å². The van der Waals surface area contributed by atoms with Gasteiger partial charge < -0.3 is 25.0 Å². The monoisotopic (exact) mass is 570 g/mol. The summed E-state index contributed by atoms with van der Waals surface area (Å²) in [5, 5.41) is 16.3. The van der Waals surface area contributed by atoms with Crippen LogP contribution in [0.1, 0.15) is 46.3 Å². The highest BCUT2D eigenvalue weighted by Gasteiger charge is 2.25. The lowest BCUT2D eigenvalue weighted by atomic mass is 9.90. The van der Waals surface area contributed by atoms with Gasteiger partial charge in [-0.2, -0.15) is 0 Å². The number of nitrogens with one attached hydrogen (secondary N) is 2.